The largest absolute Gasteiger partial charge is 0.497 e. The van der Waals surface area contributed by atoms with Gasteiger partial charge in [0, 0.05) is 23.1 Å². The van der Waals surface area contributed by atoms with Crippen LogP contribution < -0.4 is 20.1 Å². The number of hydrogen-bond acceptors (Lipinski definition) is 5. The van der Waals surface area contributed by atoms with E-state index in [1.54, 1.807) is 7.11 Å². The first-order valence-electron chi connectivity index (χ1n) is 8.42. The molecule has 2 aliphatic rings. The van der Waals surface area contributed by atoms with E-state index in [1.807, 2.05) is 47.4 Å². The molecule has 2 heterocycles. The van der Waals surface area contributed by atoms with E-state index < -0.39 is 11.6 Å². The van der Waals surface area contributed by atoms with E-state index in [0.29, 0.717) is 18.8 Å². The average molecular weight is 432 g/mol. The van der Waals surface area contributed by atoms with E-state index in [1.165, 1.54) is 0 Å². The number of fused-ring (bicyclic) bond motifs is 1. The maximum Gasteiger partial charge on any atom is 0.322 e. The van der Waals surface area contributed by atoms with Gasteiger partial charge in [-0.2, -0.15) is 0 Å². The zero-order valence-electron chi connectivity index (χ0n) is 14.6. The van der Waals surface area contributed by atoms with Gasteiger partial charge < -0.3 is 14.8 Å². The van der Waals surface area contributed by atoms with Crippen molar-refractivity contribution in [2.24, 2.45) is 0 Å². The maximum atomic E-state index is 12.7. The van der Waals surface area contributed by atoms with Crippen LogP contribution in [0.2, 0.25) is 0 Å². The van der Waals surface area contributed by atoms with E-state index in [-0.39, 0.29) is 12.5 Å². The normalized spacial score (nSPS) is 21.9. The lowest BCUT2D eigenvalue weighted by atomic mass is 9.89. The summed E-state index contributed by atoms with van der Waals surface area (Å²) in [6, 6.07) is 12.5. The van der Waals surface area contributed by atoms with Gasteiger partial charge in [-0.15, -0.1) is 0 Å². The van der Waals surface area contributed by atoms with E-state index >= 15 is 0 Å². The molecule has 1 fully saturated rings. The van der Waals surface area contributed by atoms with Gasteiger partial charge in [0.15, 0.2) is 5.54 Å². The predicted octanol–water partition coefficient (Wildman–Crippen LogP) is 2.34. The van der Waals surface area contributed by atoms with Crippen LogP contribution in [0.1, 0.15) is 11.1 Å². The van der Waals surface area contributed by atoms with Crippen molar-refractivity contribution in [1.82, 2.24) is 15.5 Å². The SMILES string of the molecule is COc1ccc2c(c1)CN(CC1(c3ccc(Br)cc3)NC(=O)NC1=O)CO2. The number of nitrogens with zero attached hydrogens (tertiary/aromatic N) is 1. The van der Waals surface area contributed by atoms with Crippen LogP contribution in [-0.4, -0.2) is 37.2 Å². The Morgan fingerprint density at radius 3 is 2.67 bits per heavy atom. The van der Waals surface area contributed by atoms with Crippen LogP contribution >= 0.6 is 15.9 Å². The number of ether oxygens (including phenoxy) is 2. The zero-order valence-corrected chi connectivity index (χ0v) is 16.2. The molecule has 2 aromatic carbocycles. The standard InChI is InChI=1S/C19H18BrN3O4/c1-26-15-6-7-16-12(8-15)9-23(11-27-16)10-19(17(24)21-18(25)22-19)13-2-4-14(20)5-3-13/h2-8H,9-11H2,1H3,(H2,21,22,24,25). The molecule has 1 atom stereocenters. The summed E-state index contributed by atoms with van der Waals surface area (Å²) in [4.78, 5) is 26.6. The molecule has 7 nitrogen and oxygen atoms in total. The molecular formula is C19H18BrN3O4. The fourth-order valence-electron chi connectivity index (χ4n) is 3.46. The Balaban J connectivity index is 1.64. The summed E-state index contributed by atoms with van der Waals surface area (Å²) in [5.41, 5.74) is 0.513. The Bertz CT molecular complexity index is 902. The number of amides is 3. The maximum absolute atomic E-state index is 12.7. The van der Waals surface area contributed by atoms with Gasteiger partial charge in [-0.3, -0.25) is 15.0 Å². The van der Waals surface area contributed by atoms with Crippen LogP contribution in [0.15, 0.2) is 46.9 Å². The fraction of sp³-hybridized carbons (Fsp3) is 0.263. The Hall–Kier alpha value is -2.58. The number of imide groups is 1. The van der Waals surface area contributed by atoms with Crippen molar-refractivity contribution >= 4 is 27.9 Å². The molecule has 4 rings (SSSR count). The molecule has 2 aromatic rings. The summed E-state index contributed by atoms with van der Waals surface area (Å²) in [6.45, 7) is 1.18. The topological polar surface area (TPSA) is 79.9 Å². The molecule has 27 heavy (non-hydrogen) atoms. The molecule has 2 aliphatic heterocycles. The van der Waals surface area contributed by atoms with Gasteiger partial charge in [0.1, 0.15) is 18.2 Å². The molecule has 1 saturated heterocycles. The summed E-state index contributed by atoms with van der Waals surface area (Å²) >= 11 is 3.40. The second-order valence-electron chi connectivity index (χ2n) is 6.55. The number of carbonyl (C=O) groups excluding carboxylic acids is 2. The van der Waals surface area contributed by atoms with Crippen LogP contribution in [0.5, 0.6) is 11.5 Å². The molecule has 0 aliphatic carbocycles. The van der Waals surface area contributed by atoms with Crippen LogP contribution in [-0.2, 0) is 16.9 Å². The molecule has 0 saturated carbocycles. The van der Waals surface area contributed by atoms with E-state index in [9.17, 15) is 9.59 Å². The summed E-state index contributed by atoms with van der Waals surface area (Å²) in [7, 11) is 1.62. The molecule has 8 heteroatoms. The van der Waals surface area contributed by atoms with Gasteiger partial charge in [0.05, 0.1) is 7.11 Å². The Morgan fingerprint density at radius 1 is 1.22 bits per heavy atom. The molecular weight excluding hydrogens is 414 g/mol. The molecule has 1 unspecified atom stereocenters. The van der Waals surface area contributed by atoms with Crippen LogP contribution in [0.3, 0.4) is 0 Å². The van der Waals surface area contributed by atoms with Gasteiger partial charge in [-0.1, -0.05) is 28.1 Å². The number of hydrogen-bond donors (Lipinski definition) is 2. The highest BCUT2D eigenvalue weighted by Gasteiger charge is 2.49. The average Bonchev–Trinajstić information content (AvgIpc) is 2.95. The zero-order chi connectivity index (χ0) is 19.0. The molecule has 0 aromatic heterocycles. The minimum atomic E-state index is -1.17. The number of carbonyl (C=O) groups is 2. The quantitative estimate of drug-likeness (QED) is 0.726. The Morgan fingerprint density at radius 2 is 2.00 bits per heavy atom. The molecule has 0 radical (unpaired) electrons. The van der Waals surface area contributed by atoms with Gasteiger partial charge in [-0.05, 0) is 35.9 Å². The lowest BCUT2D eigenvalue weighted by Crippen LogP contribution is -2.53. The van der Waals surface area contributed by atoms with Gasteiger partial charge in [0.2, 0.25) is 0 Å². The highest BCUT2D eigenvalue weighted by Crippen LogP contribution is 2.32. The van der Waals surface area contributed by atoms with Crippen molar-refractivity contribution in [1.29, 1.82) is 0 Å². The van der Waals surface area contributed by atoms with E-state index in [4.69, 9.17) is 9.47 Å². The molecule has 3 amide bonds. The third-order valence-electron chi connectivity index (χ3n) is 4.80. The lowest BCUT2D eigenvalue weighted by Gasteiger charge is -2.36. The number of methoxy groups -OCH3 is 1. The first kappa shape index (κ1) is 17.8. The van der Waals surface area contributed by atoms with Gasteiger partial charge >= 0.3 is 6.03 Å². The van der Waals surface area contributed by atoms with Crippen molar-refractivity contribution in [2.45, 2.75) is 12.1 Å². The van der Waals surface area contributed by atoms with Gasteiger partial charge in [-0.25, -0.2) is 4.79 Å². The molecule has 0 spiro atoms. The monoisotopic (exact) mass is 431 g/mol. The van der Waals surface area contributed by atoms with Crippen LogP contribution in [0.4, 0.5) is 4.79 Å². The summed E-state index contributed by atoms with van der Waals surface area (Å²) in [5.74, 6) is 1.17. The van der Waals surface area contributed by atoms with E-state index in [0.717, 1.165) is 21.5 Å². The number of rotatable bonds is 4. The summed E-state index contributed by atoms with van der Waals surface area (Å²) in [5, 5.41) is 5.17. The van der Waals surface area contributed by atoms with Gasteiger partial charge in [0.25, 0.3) is 5.91 Å². The number of benzene rings is 2. The smallest absolute Gasteiger partial charge is 0.322 e. The van der Waals surface area contributed by atoms with E-state index in [2.05, 4.69) is 26.6 Å². The second-order valence-corrected chi connectivity index (χ2v) is 7.47. The summed E-state index contributed by atoms with van der Waals surface area (Å²) in [6.07, 6.45) is 0. The second kappa shape index (κ2) is 6.86. The van der Waals surface area contributed by atoms with Crippen molar-refractivity contribution in [3.8, 4) is 11.5 Å². The Labute approximate surface area is 164 Å². The first-order chi connectivity index (χ1) is 13.0. The molecule has 0 bridgehead atoms. The highest BCUT2D eigenvalue weighted by molar-refractivity contribution is 9.10. The fourth-order valence-corrected chi connectivity index (χ4v) is 3.73. The minimum Gasteiger partial charge on any atom is -0.497 e. The third-order valence-corrected chi connectivity index (χ3v) is 5.33. The number of urea groups is 1. The van der Waals surface area contributed by atoms with Crippen molar-refractivity contribution in [3.05, 3.63) is 58.1 Å². The molecule has 140 valence electrons. The molecule has 2 N–H and O–H groups in total. The van der Waals surface area contributed by atoms with Crippen LogP contribution in [0.25, 0.3) is 0 Å². The Kier molecular flexibility index (Phi) is 4.53. The minimum absolute atomic E-state index is 0.281. The number of nitrogens with one attached hydrogen (secondary N) is 2. The predicted molar refractivity (Wildman–Crippen MR) is 101 cm³/mol. The van der Waals surface area contributed by atoms with Crippen molar-refractivity contribution < 1.29 is 19.1 Å². The van der Waals surface area contributed by atoms with Crippen molar-refractivity contribution in [2.75, 3.05) is 20.4 Å². The van der Waals surface area contributed by atoms with Crippen molar-refractivity contribution in [3.63, 3.8) is 0 Å². The highest BCUT2D eigenvalue weighted by atomic mass is 79.9. The number of halogens is 1. The lowest BCUT2D eigenvalue weighted by molar-refractivity contribution is -0.125. The summed E-state index contributed by atoms with van der Waals surface area (Å²) < 4.78 is 12.0. The third kappa shape index (κ3) is 3.26. The first-order valence-corrected chi connectivity index (χ1v) is 9.21. The van der Waals surface area contributed by atoms with Crippen LogP contribution in [0, 0.1) is 0 Å².